The van der Waals surface area contributed by atoms with Crippen LogP contribution in [0.25, 0.3) is 10.9 Å². The zero-order chi connectivity index (χ0) is 28.9. The van der Waals surface area contributed by atoms with Crippen molar-refractivity contribution in [1.82, 2.24) is 25.2 Å². The van der Waals surface area contributed by atoms with Gasteiger partial charge in [-0.15, -0.1) is 0 Å². The highest BCUT2D eigenvalue weighted by molar-refractivity contribution is 6.35. The number of likely N-dealkylation sites (tertiary alicyclic amines) is 1. The Balaban J connectivity index is 1.38. The number of halogens is 6. The molecule has 214 valence electrons. The molecular weight excluding hydrogens is 559 g/mol. The van der Waals surface area contributed by atoms with Crippen LogP contribution in [0.3, 0.4) is 0 Å². The maximum absolute atomic E-state index is 13.8. The third-order valence-corrected chi connectivity index (χ3v) is 7.47. The Labute approximate surface area is 231 Å². The lowest BCUT2D eigenvalue weighted by atomic mass is 9.97. The Morgan fingerprint density at radius 1 is 1.12 bits per heavy atom. The van der Waals surface area contributed by atoms with E-state index in [0.717, 1.165) is 12.4 Å². The van der Waals surface area contributed by atoms with Gasteiger partial charge in [-0.2, -0.15) is 13.2 Å². The Kier molecular flexibility index (Phi) is 7.34. The van der Waals surface area contributed by atoms with Crippen LogP contribution in [0.4, 0.5) is 27.8 Å². The SMILES string of the molecule is CC1(O)CN(c2ccc3c(C(=O)NCC(c4cnc(C(F)(F)F)nc4)N4CCC(F)(F)CC4)c(Cl)ccc3n2)C1. The van der Waals surface area contributed by atoms with E-state index in [1.54, 1.807) is 30.0 Å². The van der Waals surface area contributed by atoms with Crippen molar-refractivity contribution in [2.45, 2.75) is 43.5 Å². The van der Waals surface area contributed by atoms with E-state index in [-0.39, 0.29) is 35.8 Å². The summed E-state index contributed by atoms with van der Waals surface area (Å²) in [4.78, 5) is 28.3. The minimum atomic E-state index is -4.73. The molecule has 0 saturated carbocycles. The summed E-state index contributed by atoms with van der Waals surface area (Å²) in [5.74, 6) is -4.08. The summed E-state index contributed by atoms with van der Waals surface area (Å²) in [6, 6.07) is 5.89. The number of hydrogen-bond donors (Lipinski definition) is 2. The van der Waals surface area contributed by atoms with Crippen LogP contribution in [0.2, 0.25) is 5.02 Å². The average Bonchev–Trinajstić information content (AvgIpc) is 2.87. The Morgan fingerprint density at radius 2 is 1.77 bits per heavy atom. The van der Waals surface area contributed by atoms with E-state index in [0.29, 0.717) is 29.8 Å². The monoisotopic (exact) mass is 584 g/mol. The van der Waals surface area contributed by atoms with Gasteiger partial charge in [-0.05, 0) is 31.2 Å². The number of nitrogens with one attached hydrogen (secondary N) is 1. The van der Waals surface area contributed by atoms with Crippen LogP contribution in [0.1, 0.15) is 47.6 Å². The molecule has 4 heterocycles. The molecule has 14 heteroatoms. The fraction of sp³-hybridized carbons (Fsp3) is 0.462. The topological polar surface area (TPSA) is 94.5 Å². The van der Waals surface area contributed by atoms with Crippen LogP contribution in [0.5, 0.6) is 0 Å². The summed E-state index contributed by atoms with van der Waals surface area (Å²) < 4.78 is 66.6. The second kappa shape index (κ2) is 10.3. The number of benzene rings is 1. The Bertz CT molecular complexity index is 1400. The molecule has 0 spiro atoms. The van der Waals surface area contributed by atoms with Gasteiger partial charge in [0, 0.05) is 68.9 Å². The van der Waals surface area contributed by atoms with Crippen molar-refractivity contribution in [2.75, 3.05) is 37.6 Å². The molecule has 5 rings (SSSR count). The van der Waals surface area contributed by atoms with Gasteiger partial charge in [0.15, 0.2) is 0 Å². The number of alkyl halides is 5. The van der Waals surface area contributed by atoms with Crippen LogP contribution in [0, 0.1) is 0 Å². The maximum Gasteiger partial charge on any atom is 0.451 e. The second-order valence-corrected chi connectivity index (χ2v) is 10.9. The second-order valence-electron chi connectivity index (χ2n) is 10.5. The molecular formula is C26H26ClF5N6O2. The number of carbonyl (C=O) groups is 1. The Hall–Kier alpha value is -3.16. The van der Waals surface area contributed by atoms with Crippen LogP contribution >= 0.6 is 11.6 Å². The molecule has 2 aromatic heterocycles. The van der Waals surface area contributed by atoms with Crippen molar-refractivity contribution < 1.29 is 31.9 Å². The van der Waals surface area contributed by atoms with Gasteiger partial charge in [-0.3, -0.25) is 9.69 Å². The van der Waals surface area contributed by atoms with E-state index in [1.165, 1.54) is 6.07 Å². The average molecular weight is 585 g/mol. The number of rotatable bonds is 6. The number of β-amino-alcohol motifs (C(OH)–C–C–N with tert-alkyl or cyclic N) is 1. The number of amides is 1. The van der Waals surface area contributed by atoms with Crippen LogP contribution < -0.4 is 10.2 Å². The zero-order valence-corrected chi connectivity index (χ0v) is 22.1. The molecule has 1 unspecified atom stereocenters. The molecule has 0 bridgehead atoms. The number of fused-ring (bicyclic) bond motifs is 1. The molecule has 0 aliphatic carbocycles. The summed E-state index contributed by atoms with van der Waals surface area (Å²) in [6.45, 7) is 2.40. The van der Waals surface area contributed by atoms with Gasteiger partial charge in [0.1, 0.15) is 5.82 Å². The maximum atomic E-state index is 13.8. The van der Waals surface area contributed by atoms with Crippen molar-refractivity contribution in [1.29, 1.82) is 0 Å². The van der Waals surface area contributed by atoms with Crippen molar-refractivity contribution in [3.63, 3.8) is 0 Å². The summed E-state index contributed by atoms with van der Waals surface area (Å²) in [5.41, 5.74) is 0.117. The van der Waals surface area contributed by atoms with Gasteiger partial charge in [0.05, 0.1) is 27.7 Å². The summed E-state index contributed by atoms with van der Waals surface area (Å²) in [6.07, 6.45) is -3.57. The van der Waals surface area contributed by atoms with Gasteiger partial charge in [-0.25, -0.2) is 23.7 Å². The van der Waals surface area contributed by atoms with E-state index in [2.05, 4.69) is 20.3 Å². The highest BCUT2D eigenvalue weighted by Crippen LogP contribution is 2.34. The number of anilines is 1. The summed E-state index contributed by atoms with van der Waals surface area (Å²) in [5, 5.41) is 13.4. The van der Waals surface area contributed by atoms with Crippen LogP contribution in [-0.2, 0) is 6.18 Å². The van der Waals surface area contributed by atoms with E-state index < -0.39 is 48.3 Å². The molecule has 2 fully saturated rings. The van der Waals surface area contributed by atoms with Crippen molar-refractivity contribution in [3.8, 4) is 0 Å². The molecule has 2 aliphatic rings. The van der Waals surface area contributed by atoms with Crippen LogP contribution in [0.15, 0.2) is 36.7 Å². The first-order valence-electron chi connectivity index (χ1n) is 12.6. The number of aromatic nitrogens is 3. The predicted octanol–water partition coefficient (Wildman–Crippen LogP) is 4.47. The first-order valence-corrected chi connectivity index (χ1v) is 13.0. The summed E-state index contributed by atoms with van der Waals surface area (Å²) in [7, 11) is 0. The molecule has 2 aliphatic heterocycles. The van der Waals surface area contributed by atoms with Crippen molar-refractivity contribution >= 4 is 34.2 Å². The smallest absolute Gasteiger partial charge is 0.386 e. The standard InChI is InChI=1S/C26H26ClF5N6O2/c1-24(40)13-38(14-24)20-5-2-16-18(36-20)4-3-17(27)21(16)22(39)33-12-19(37-8-6-25(28,29)7-9-37)15-10-34-23(35-11-15)26(30,31)32/h2-5,10-11,19,40H,6-9,12-14H2,1H3,(H,33,39). The molecule has 40 heavy (non-hydrogen) atoms. The number of nitrogens with zero attached hydrogens (tertiary/aromatic N) is 5. The summed E-state index contributed by atoms with van der Waals surface area (Å²) >= 11 is 6.40. The lowest BCUT2D eigenvalue weighted by Gasteiger charge is -2.45. The molecule has 2 saturated heterocycles. The minimum absolute atomic E-state index is 0.0281. The van der Waals surface area contributed by atoms with Crippen LogP contribution in [-0.4, -0.2) is 75.1 Å². The fourth-order valence-corrected chi connectivity index (χ4v) is 5.32. The van der Waals surface area contributed by atoms with Crippen molar-refractivity contribution in [2.24, 2.45) is 0 Å². The third-order valence-electron chi connectivity index (χ3n) is 7.16. The molecule has 3 aromatic rings. The van der Waals surface area contributed by atoms with Gasteiger partial charge in [0.2, 0.25) is 5.82 Å². The predicted molar refractivity (Wildman–Crippen MR) is 137 cm³/mol. The van der Waals surface area contributed by atoms with E-state index in [1.807, 2.05) is 4.90 Å². The minimum Gasteiger partial charge on any atom is -0.386 e. The first-order chi connectivity index (χ1) is 18.7. The van der Waals surface area contributed by atoms with E-state index in [4.69, 9.17) is 11.6 Å². The van der Waals surface area contributed by atoms with Gasteiger partial charge >= 0.3 is 6.18 Å². The molecule has 0 radical (unpaired) electrons. The highest BCUT2D eigenvalue weighted by atomic mass is 35.5. The number of piperidine rings is 1. The largest absolute Gasteiger partial charge is 0.451 e. The van der Waals surface area contributed by atoms with Gasteiger partial charge in [-0.1, -0.05) is 11.6 Å². The quantitative estimate of drug-likeness (QED) is 0.413. The third kappa shape index (κ3) is 5.96. The van der Waals surface area contributed by atoms with Gasteiger partial charge in [0.25, 0.3) is 11.8 Å². The van der Waals surface area contributed by atoms with Gasteiger partial charge < -0.3 is 15.3 Å². The fourth-order valence-electron chi connectivity index (χ4n) is 5.07. The van der Waals surface area contributed by atoms with E-state index in [9.17, 15) is 31.9 Å². The molecule has 1 atom stereocenters. The zero-order valence-electron chi connectivity index (χ0n) is 21.4. The highest BCUT2D eigenvalue weighted by Gasteiger charge is 2.39. The number of hydrogen-bond acceptors (Lipinski definition) is 7. The lowest BCUT2D eigenvalue weighted by Crippen LogP contribution is -2.60. The molecule has 1 amide bonds. The number of pyridine rings is 1. The van der Waals surface area contributed by atoms with E-state index >= 15 is 0 Å². The molecule has 1 aromatic carbocycles. The number of carbonyl (C=O) groups excluding carboxylic acids is 1. The Morgan fingerprint density at radius 3 is 2.38 bits per heavy atom. The van der Waals surface area contributed by atoms with Crippen molar-refractivity contribution in [3.05, 3.63) is 58.6 Å². The first kappa shape index (κ1) is 28.4. The lowest BCUT2D eigenvalue weighted by molar-refractivity contribution is -0.145. The molecule has 8 nitrogen and oxygen atoms in total. The number of aliphatic hydroxyl groups is 1. The molecule has 2 N–H and O–H groups in total. The normalized spacial score (nSPS) is 19.8.